The molecule has 3 nitrogen and oxygen atoms in total. The molecule has 0 saturated heterocycles. The number of imidazole rings is 1. The maximum absolute atomic E-state index is 9.92. The van der Waals surface area contributed by atoms with Crippen LogP contribution in [0.15, 0.2) is 34.9 Å². The second-order valence-electron chi connectivity index (χ2n) is 4.30. The van der Waals surface area contributed by atoms with Crippen molar-refractivity contribution in [2.24, 2.45) is 0 Å². The summed E-state index contributed by atoms with van der Waals surface area (Å²) >= 11 is 3.54. The second kappa shape index (κ2) is 4.27. The van der Waals surface area contributed by atoms with Crippen molar-refractivity contribution in [1.29, 1.82) is 0 Å². The van der Waals surface area contributed by atoms with Crippen LogP contribution >= 0.6 is 15.9 Å². The number of nitrogens with zero attached hydrogens (tertiary/aromatic N) is 2. The lowest BCUT2D eigenvalue weighted by atomic mass is 10.1. The summed E-state index contributed by atoms with van der Waals surface area (Å²) in [7, 11) is 0. The smallest absolute Gasteiger partial charge is 0.141 e. The standard InChI is InChI=1S/C13H13BrN2O/c14-10-5-2-1-4-9(10)13-15-8-11-12(17)6-3-7-16(11)13/h1-2,4-5,8,12,17H,3,6-7H2. The maximum Gasteiger partial charge on any atom is 0.141 e. The fourth-order valence-corrected chi connectivity index (χ4v) is 2.80. The number of aromatic nitrogens is 2. The normalized spacial score (nSPS) is 19.1. The van der Waals surface area contributed by atoms with Gasteiger partial charge in [0, 0.05) is 16.6 Å². The summed E-state index contributed by atoms with van der Waals surface area (Å²) in [6.07, 6.45) is 3.26. The summed E-state index contributed by atoms with van der Waals surface area (Å²) in [4.78, 5) is 4.45. The lowest BCUT2D eigenvalue weighted by Gasteiger charge is -2.21. The van der Waals surface area contributed by atoms with Gasteiger partial charge in [-0.25, -0.2) is 4.98 Å². The zero-order chi connectivity index (χ0) is 11.8. The van der Waals surface area contributed by atoms with Crippen LogP contribution in [0, 0.1) is 0 Å². The van der Waals surface area contributed by atoms with E-state index in [2.05, 4.69) is 25.5 Å². The van der Waals surface area contributed by atoms with Gasteiger partial charge in [-0.3, -0.25) is 0 Å². The number of fused-ring (bicyclic) bond motifs is 1. The van der Waals surface area contributed by atoms with Gasteiger partial charge in [-0.15, -0.1) is 0 Å². The number of aliphatic hydroxyl groups excluding tert-OH is 1. The van der Waals surface area contributed by atoms with Gasteiger partial charge in [-0.05, 0) is 18.9 Å². The van der Waals surface area contributed by atoms with E-state index in [1.807, 2.05) is 24.3 Å². The van der Waals surface area contributed by atoms with Gasteiger partial charge in [0.25, 0.3) is 0 Å². The Balaban J connectivity index is 2.14. The van der Waals surface area contributed by atoms with Gasteiger partial charge in [-0.2, -0.15) is 0 Å². The number of benzene rings is 1. The van der Waals surface area contributed by atoms with Gasteiger partial charge in [0.05, 0.1) is 18.0 Å². The van der Waals surface area contributed by atoms with E-state index >= 15 is 0 Å². The Kier molecular flexibility index (Phi) is 2.76. The molecule has 1 N–H and O–H groups in total. The van der Waals surface area contributed by atoms with E-state index in [0.29, 0.717) is 0 Å². The summed E-state index contributed by atoms with van der Waals surface area (Å²) in [6.45, 7) is 0.934. The minimum absolute atomic E-state index is 0.368. The molecule has 1 aromatic heterocycles. The third-order valence-corrected chi connectivity index (χ3v) is 3.89. The molecule has 1 aliphatic rings. The molecule has 2 aromatic rings. The fourth-order valence-electron chi connectivity index (χ4n) is 2.34. The monoisotopic (exact) mass is 292 g/mol. The number of halogens is 1. The lowest BCUT2D eigenvalue weighted by molar-refractivity contribution is 0.139. The van der Waals surface area contributed by atoms with Crippen molar-refractivity contribution in [1.82, 2.24) is 9.55 Å². The minimum atomic E-state index is -0.368. The summed E-state index contributed by atoms with van der Waals surface area (Å²) in [5.41, 5.74) is 2.01. The molecule has 1 atom stereocenters. The van der Waals surface area contributed by atoms with Crippen LogP contribution in [0.5, 0.6) is 0 Å². The third kappa shape index (κ3) is 1.81. The molecule has 3 rings (SSSR count). The number of aliphatic hydroxyl groups is 1. The highest BCUT2D eigenvalue weighted by atomic mass is 79.9. The second-order valence-corrected chi connectivity index (χ2v) is 5.15. The van der Waals surface area contributed by atoms with Crippen molar-refractivity contribution in [2.75, 3.05) is 0 Å². The molecular weight excluding hydrogens is 280 g/mol. The van der Waals surface area contributed by atoms with E-state index in [1.54, 1.807) is 6.20 Å². The largest absolute Gasteiger partial charge is 0.387 e. The quantitative estimate of drug-likeness (QED) is 0.877. The van der Waals surface area contributed by atoms with E-state index < -0.39 is 0 Å². The highest BCUT2D eigenvalue weighted by Crippen LogP contribution is 2.32. The van der Waals surface area contributed by atoms with E-state index in [1.165, 1.54) is 0 Å². The Labute approximate surface area is 108 Å². The Hall–Kier alpha value is -1.13. The van der Waals surface area contributed by atoms with Gasteiger partial charge < -0.3 is 9.67 Å². The summed E-state index contributed by atoms with van der Waals surface area (Å²) in [5.74, 6) is 0.936. The zero-order valence-electron chi connectivity index (χ0n) is 9.31. The molecule has 0 bridgehead atoms. The van der Waals surface area contributed by atoms with E-state index in [4.69, 9.17) is 0 Å². The maximum atomic E-state index is 9.92. The Morgan fingerprint density at radius 2 is 2.18 bits per heavy atom. The number of rotatable bonds is 1. The van der Waals surface area contributed by atoms with Crippen molar-refractivity contribution in [2.45, 2.75) is 25.5 Å². The first-order valence-corrected chi connectivity index (χ1v) is 6.55. The summed E-state index contributed by atoms with van der Waals surface area (Å²) < 4.78 is 3.15. The topological polar surface area (TPSA) is 38.0 Å². The Morgan fingerprint density at radius 1 is 1.35 bits per heavy atom. The van der Waals surface area contributed by atoms with Gasteiger partial charge in [0.1, 0.15) is 5.82 Å². The van der Waals surface area contributed by atoms with Crippen LogP contribution in [0.3, 0.4) is 0 Å². The molecule has 0 spiro atoms. The SMILES string of the molecule is OC1CCCn2c1cnc2-c1ccccc1Br. The zero-order valence-corrected chi connectivity index (χ0v) is 10.9. The first-order chi connectivity index (χ1) is 8.27. The molecule has 17 heavy (non-hydrogen) atoms. The van der Waals surface area contributed by atoms with Crippen LogP contribution in [0.1, 0.15) is 24.6 Å². The van der Waals surface area contributed by atoms with Crippen LogP contribution in [0.2, 0.25) is 0 Å². The van der Waals surface area contributed by atoms with Gasteiger partial charge in [0.15, 0.2) is 0 Å². The number of hydrogen-bond acceptors (Lipinski definition) is 2. The molecule has 0 fully saturated rings. The molecule has 0 amide bonds. The Morgan fingerprint density at radius 3 is 3.00 bits per heavy atom. The molecule has 88 valence electrons. The van der Waals surface area contributed by atoms with Crippen molar-refractivity contribution in [3.05, 3.63) is 40.6 Å². The van der Waals surface area contributed by atoms with Crippen LogP contribution < -0.4 is 0 Å². The predicted molar refractivity (Wildman–Crippen MR) is 69.6 cm³/mol. The molecule has 1 unspecified atom stereocenters. The molecule has 0 aliphatic carbocycles. The highest BCUT2D eigenvalue weighted by Gasteiger charge is 2.22. The van der Waals surface area contributed by atoms with Crippen molar-refractivity contribution in [3.63, 3.8) is 0 Å². The molecule has 0 saturated carbocycles. The summed E-state index contributed by atoms with van der Waals surface area (Å²) in [6, 6.07) is 8.04. The first kappa shape index (κ1) is 11.0. The number of hydrogen-bond donors (Lipinski definition) is 1. The molecule has 4 heteroatoms. The van der Waals surface area contributed by atoms with E-state index in [0.717, 1.165) is 40.9 Å². The van der Waals surface area contributed by atoms with Crippen LogP contribution in [0.4, 0.5) is 0 Å². The van der Waals surface area contributed by atoms with Crippen LogP contribution in [-0.2, 0) is 6.54 Å². The molecule has 0 radical (unpaired) electrons. The van der Waals surface area contributed by atoms with Crippen molar-refractivity contribution >= 4 is 15.9 Å². The van der Waals surface area contributed by atoms with Gasteiger partial charge >= 0.3 is 0 Å². The van der Waals surface area contributed by atoms with Crippen LogP contribution in [-0.4, -0.2) is 14.7 Å². The van der Waals surface area contributed by atoms with Gasteiger partial charge in [-0.1, -0.05) is 34.1 Å². The average molecular weight is 293 g/mol. The summed E-state index contributed by atoms with van der Waals surface area (Å²) in [5, 5.41) is 9.92. The molecular formula is C13H13BrN2O. The van der Waals surface area contributed by atoms with Crippen molar-refractivity contribution in [3.8, 4) is 11.4 Å². The van der Waals surface area contributed by atoms with Crippen LogP contribution in [0.25, 0.3) is 11.4 Å². The lowest BCUT2D eigenvalue weighted by Crippen LogP contribution is -2.15. The fraction of sp³-hybridized carbons (Fsp3) is 0.308. The Bertz CT molecular complexity index is 550. The minimum Gasteiger partial charge on any atom is -0.387 e. The molecule has 1 aromatic carbocycles. The van der Waals surface area contributed by atoms with Gasteiger partial charge in [0.2, 0.25) is 0 Å². The van der Waals surface area contributed by atoms with E-state index in [9.17, 15) is 5.11 Å². The van der Waals surface area contributed by atoms with Crippen molar-refractivity contribution < 1.29 is 5.11 Å². The first-order valence-electron chi connectivity index (χ1n) is 5.76. The molecule has 2 heterocycles. The predicted octanol–water partition coefficient (Wildman–Crippen LogP) is 3.14. The molecule has 1 aliphatic heterocycles. The third-order valence-electron chi connectivity index (χ3n) is 3.20. The van der Waals surface area contributed by atoms with E-state index in [-0.39, 0.29) is 6.10 Å². The highest BCUT2D eigenvalue weighted by molar-refractivity contribution is 9.10. The average Bonchev–Trinajstić information content (AvgIpc) is 2.75.